The number of esters is 1. The van der Waals surface area contributed by atoms with Crippen LogP contribution in [0.3, 0.4) is 0 Å². The van der Waals surface area contributed by atoms with Crippen LogP contribution < -0.4 is 5.32 Å². The molecule has 1 atom stereocenters. The van der Waals surface area contributed by atoms with Gasteiger partial charge in [0, 0.05) is 23.1 Å². The Balaban J connectivity index is 1.58. The number of ether oxygens (including phenoxy) is 1. The second-order valence-corrected chi connectivity index (χ2v) is 8.87. The fourth-order valence-electron chi connectivity index (χ4n) is 2.44. The molecule has 1 fully saturated rings. The number of amides is 1. The van der Waals surface area contributed by atoms with E-state index in [0.29, 0.717) is 6.42 Å². The average molecular weight is 368 g/mol. The molecule has 0 spiro atoms. The van der Waals surface area contributed by atoms with Gasteiger partial charge in [-0.3, -0.25) is 9.59 Å². The SMILES string of the molecule is Cc1ccc(NC(=O)COC(=O)CCCC[C@@H]2CCSS2)cc1C. The number of hydrogen-bond donors (Lipinski definition) is 1. The number of rotatable bonds is 8. The topological polar surface area (TPSA) is 55.4 Å². The lowest BCUT2D eigenvalue weighted by Gasteiger charge is -2.09. The molecule has 1 N–H and O–H groups in total. The van der Waals surface area contributed by atoms with Gasteiger partial charge < -0.3 is 10.1 Å². The smallest absolute Gasteiger partial charge is 0.306 e. The molecule has 0 unspecified atom stereocenters. The van der Waals surface area contributed by atoms with Gasteiger partial charge in [0.2, 0.25) is 0 Å². The van der Waals surface area contributed by atoms with E-state index in [9.17, 15) is 9.59 Å². The van der Waals surface area contributed by atoms with Crippen LogP contribution in [0.15, 0.2) is 18.2 Å². The molecule has 4 nitrogen and oxygen atoms in total. The lowest BCUT2D eigenvalue weighted by atomic mass is 10.1. The molecular formula is C18H25NO3S2. The van der Waals surface area contributed by atoms with Crippen molar-refractivity contribution in [3.63, 3.8) is 0 Å². The quantitative estimate of drug-likeness (QED) is 0.416. The maximum absolute atomic E-state index is 11.8. The Bertz CT molecular complexity index is 571. The van der Waals surface area contributed by atoms with Gasteiger partial charge in [0.25, 0.3) is 5.91 Å². The Hall–Kier alpha value is -1.14. The molecule has 1 aromatic carbocycles. The molecule has 0 aliphatic carbocycles. The van der Waals surface area contributed by atoms with Gasteiger partial charge in [0.05, 0.1) is 0 Å². The van der Waals surface area contributed by atoms with Crippen LogP contribution in [0.2, 0.25) is 0 Å². The van der Waals surface area contributed by atoms with E-state index in [4.69, 9.17) is 4.74 Å². The van der Waals surface area contributed by atoms with E-state index in [0.717, 1.165) is 35.8 Å². The van der Waals surface area contributed by atoms with Gasteiger partial charge in [-0.15, -0.1) is 0 Å². The first kappa shape index (κ1) is 19.2. The predicted octanol–water partition coefficient (Wildman–Crippen LogP) is 4.50. The zero-order valence-electron chi connectivity index (χ0n) is 14.3. The number of carbonyl (C=O) groups is 2. The number of nitrogens with one attached hydrogen (secondary N) is 1. The summed E-state index contributed by atoms with van der Waals surface area (Å²) < 4.78 is 5.04. The van der Waals surface area contributed by atoms with Crippen molar-refractivity contribution < 1.29 is 14.3 Å². The first-order chi connectivity index (χ1) is 11.5. The minimum atomic E-state index is -0.300. The molecule has 24 heavy (non-hydrogen) atoms. The number of aryl methyl sites for hydroxylation is 2. The molecule has 1 aliphatic rings. The molecule has 1 amide bonds. The van der Waals surface area contributed by atoms with Crippen molar-refractivity contribution in [2.75, 3.05) is 17.7 Å². The lowest BCUT2D eigenvalue weighted by Crippen LogP contribution is -2.20. The van der Waals surface area contributed by atoms with Gasteiger partial charge in [-0.05, 0) is 56.4 Å². The highest BCUT2D eigenvalue weighted by Gasteiger charge is 2.16. The third kappa shape index (κ3) is 6.77. The lowest BCUT2D eigenvalue weighted by molar-refractivity contribution is -0.147. The van der Waals surface area contributed by atoms with Crippen LogP contribution in [0, 0.1) is 13.8 Å². The predicted molar refractivity (Wildman–Crippen MR) is 102 cm³/mol. The Kier molecular flexibility index (Phi) is 7.99. The number of benzene rings is 1. The van der Waals surface area contributed by atoms with Crippen molar-refractivity contribution in [2.45, 2.75) is 51.2 Å². The number of unbranched alkanes of at least 4 members (excludes halogenated alkanes) is 1. The second kappa shape index (κ2) is 9.99. The second-order valence-electron chi connectivity index (χ2n) is 6.08. The van der Waals surface area contributed by atoms with E-state index in [1.807, 2.05) is 53.6 Å². The summed E-state index contributed by atoms with van der Waals surface area (Å²) in [5.74, 6) is 0.650. The first-order valence-corrected chi connectivity index (χ1v) is 10.7. The number of hydrogen-bond acceptors (Lipinski definition) is 5. The van der Waals surface area contributed by atoms with Gasteiger partial charge in [-0.25, -0.2) is 0 Å². The fraction of sp³-hybridized carbons (Fsp3) is 0.556. The molecule has 2 rings (SSSR count). The molecule has 0 saturated carbocycles. The van der Waals surface area contributed by atoms with E-state index >= 15 is 0 Å². The molecule has 6 heteroatoms. The first-order valence-electron chi connectivity index (χ1n) is 8.35. The van der Waals surface area contributed by atoms with Gasteiger partial charge in [-0.1, -0.05) is 34.1 Å². The summed E-state index contributed by atoms with van der Waals surface area (Å²) in [6, 6.07) is 5.72. The Labute approximate surface area is 151 Å². The van der Waals surface area contributed by atoms with Crippen LogP contribution in [-0.4, -0.2) is 29.5 Å². The highest BCUT2D eigenvalue weighted by atomic mass is 33.1. The van der Waals surface area contributed by atoms with Crippen molar-refractivity contribution >= 4 is 39.2 Å². The zero-order valence-corrected chi connectivity index (χ0v) is 15.9. The highest BCUT2D eigenvalue weighted by molar-refractivity contribution is 8.77. The molecule has 1 saturated heterocycles. The number of carbonyl (C=O) groups excluding carboxylic acids is 2. The van der Waals surface area contributed by atoms with Crippen LogP contribution in [0.25, 0.3) is 0 Å². The van der Waals surface area contributed by atoms with Crippen molar-refractivity contribution in [1.29, 1.82) is 0 Å². The molecular weight excluding hydrogens is 342 g/mol. The van der Waals surface area contributed by atoms with E-state index in [1.54, 1.807) is 0 Å². The van der Waals surface area contributed by atoms with Crippen molar-refractivity contribution in [1.82, 2.24) is 0 Å². The van der Waals surface area contributed by atoms with Crippen molar-refractivity contribution in [3.05, 3.63) is 29.3 Å². The van der Waals surface area contributed by atoms with Crippen LogP contribution in [0.4, 0.5) is 5.69 Å². The summed E-state index contributed by atoms with van der Waals surface area (Å²) in [5, 5.41) is 3.49. The number of anilines is 1. The molecule has 1 heterocycles. The minimum absolute atomic E-state index is 0.221. The largest absolute Gasteiger partial charge is 0.456 e. The van der Waals surface area contributed by atoms with E-state index in [2.05, 4.69) is 5.32 Å². The fourth-order valence-corrected chi connectivity index (χ4v) is 5.47. The molecule has 1 aliphatic heterocycles. The Morgan fingerprint density at radius 3 is 2.79 bits per heavy atom. The standard InChI is InChI=1S/C18H25NO3S2/c1-13-7-8-15(11-14(13)2)19-17(20)12-22-18(21)6-4-3-5-16-9-10-23-24-16/h7-8,11,16H,3-6,9-10,12H2,1-2H3,(H,19,20)/t16-/m1/s1. The maximum Gasteiger partial charge on any atom is 0.306 e. The molecule has 0 bridgehead atoms. The van der Waals surface area contributed by atoms with Gasteiger partial charge in [0.1, 0.15) is 0 Å². The molecule has 1 aromatic rings. The third-order valence-corrected chi connectivity index (χ3v) is 7.05. The summed E-state index contributed by atoms with van der Waals surface area (Å²) in [6.07, 6.45) is 4.71. The van der Waals surface area contributed by atoms with Crippen molar-refractivity contribution in [3.8, 4) is 0 Å². The van der Waals surface area contributed by atoms with E-state index in [1.165, 1.54) is 17.7 Å². The normalized spacial score (nSPS) is 16.8. The van der Waals surface area contributed by atoms with Crippen LogP contribution in [-0.2, 0) is 14.3 Å². The maximum atomic E-state index is 11.8. The van der Waals surface area contributed by atoms with Crippen LogP contribution in [0.1, 0.15) is 43.2 Å². The zero-order chi connectivity index (χ0) is 17.4. The van der Waals surface area contributed by atoms with Gasteiger partial charge in [-0.2, -0.15) is 0 Å². The van der Waals surface area contributed by atoms with E-state index in [-0.39, 0.29) is 18.5 Å². The van der Waals surface area contributed by atoms with Crippen molar-refractivity contribution in [2.24, 2.45) is 0 Å². The Morgan fingerprint density at radius 1 is 1.25 bits per heavy atom. The summed E-state index contributed by atoms with van der Waals surface area (Å²) >= 11 is 0. The molecule has 132 valence electrons. The summed E-state index contributed by atoms with van der Waals surface area (Å²) in [5.41, 5.74) is 3.02. The average Bonchev–Trinajstić information content (AvgIpc) is 3.06. The van der Waals surface area contributed by atoms with Crippen LogP contribution >= 0.6 is 21.6 Å². The minimum Gasteiger partial charge on any atom is -0.456 e. The van der Waals surface area contributed by atoms with Gasteiger partial charge >= 0.3 is 5.97 Å². The summed E-state index contributed by atoms with van der Waals surface area (Å²) in [7, 11) is 3.91. The summed E-state index contributed by atoms with van der Waals surface area (Å²) in [4.78, 5) is 23.5. The van der Waals surface area contributed by atoms with Gasteiger partial charge in [0.15, 0.2) is 6.61 Å². The molecule has 0 radical (unpaired) electrons. The van der Waals surface area contributed by atoms with Crippen LogP contribution in [0.5, 0.6) is 0 Å². The Morgan fingerprint density at radius 2 is 2.08 bits per heavy atom. The highest BCUT2D eigenvalue weighted by Crippen LogP contribution is 2.39. The van der Waals surface area contributed by atoms with E-state index < -0.39 is 0 Å². The third-order valence-electron chi connectivity index (χ3n) is 4.04. The monoisotopic (exact) mass is 367 g/mol. The summed E-state index contributed by atoms with van der Waals surface area (Å²) in [6.45, 7) is 3.79. The molecule has 0 aromatic heterocycles.